The summed E-state index contributed by atoms with van der Waals surface area (Å²) in [7, 11) is 1.26. The highest BCUT2D eigenvalue weighted by Gasteiger charge is 2.21. The Hall–Kier alpha value is -2.55. The van der Waals surface area contributed by atoms with Crippen molar-refractivity contribution in [2.75, 3.05) is 25.1 Å². The zero-order chi connectivity index (χ0) is 15.1. The largest absolute Gasteiger partial charge is 0.465 e. The van der Waals surface area contributed by atoms with E-state index in [4.69, 9.17) is 6.42 Å². The van der Waals surface area contributed by atoms with E-state index >= 15 is 0 Å². The van der Waals surface area contributed by atoms with Gasteiger partial charge in [-0.2, -0.15) is 0 Å². The van der Waals surface area contributed by atoms with Crippen LogP contribution in [0, 0.1) is 22.5 Å². The Morgan fingerprint density at radius 3 is 2.75 bits per heavy atom. The number of hydrogen-bond donors (Lipinski definition) is 0. The van der Waals surface area contributed by atoms with Gasteiger partial charge in [-0.25, -0.2) is 4.79 Å². The Bertz CT molecular complexity index is 549. The molecule has 1 aromatic rings. The Balaban J connectivity index is 3.33. The fourth-order valence-electron chi connectivity index (χ4n) is 1.84. The minimum absolute atomic E-state index is 0.0821. The van der Waals surface area contributed by atoms with Gasteiger partial charge < -0.3 is 9.64 Å². The second-order valence-corrected chi connectivity index (χ2v) is 4.08. The average molecular weight is 276 g/mol. The maximum Gasteiger partial charge on any atom is 0.337 e. The number of hydrogen-bond acceptors (Lipinski definition) is 5. The SMILES string of the molecule is C#CCN(CCC)c1cc(C(=O)OC)ccc1[N+](=O)[O-]. The van der Waals surface area contributed by atoms with Crippen LogP contribution in [0.4, 0.5) is 11.4 Å². The van der Waals surface area contributed by atoms with Gasteiger partial charge in [0.25, 0.3) is 5.69 Å². The number of terminal acetylenes is 1. The molecule has 0 radical (unpaired) electrons. The van der Waals surface area contributed by atoms with Crippen molar-refractivity contribution in [1.82, 2.24) is 0 Å². The van der Waals surface area contributed by atoms with Crippen molar-refractivity contribution in [2.24, 2.45) is 0 Å². The van der Waals surface area contributed by atoms with Gasteiger partial charge in [-0.1, -0.05) is 12.8 Å². The van der Waals surface area contributed by atoms with Crippen LogP contribution in [-0.4, -0.2) is 31.1 Å². The number of anilines is 1. The first-order chi connectivity index (χ1) is 9.54. The van der Waals surface area contributed by atoms with E-state index in [1.165, 1.54) is 25.3 Å². The first-order valence-corrected chi connectivity index (χ1v) is 6.10. The molecule has 0 bridgehead atoms. The molecule has 0 aliphatic heterocycles. The van der Waals surface area contributed by atoms with Gasteiger partial charge in [0, 0.05) is 12.6 Å². The second kappa shape index (κ2) is 7.14. The fraction of sp³-hybridized carbons (Fsp3) is 0.357. The summed E-state index contributed by atoms with van der Waals surface area (Å²) in [6, 6.07) is 4.10. The summed E-state index contributed by atoms with van der Waals surface area (Å²) < 4.78 is 4.62. The standard InChI is InChI=1S/C14H16N2O4/c1-4-8-15(9-5-2)13-10-11(14(17)20-3)6-7-12(13)16(18)19/h1,6-7,10H,5,8-9H2,2-3H3. The summed E-state index contributed by atoms with van der Waals surface area (Å²) in [5.41, 5.74) is 0.505. The summed E-state index contributed by atoms with van der Waals surface area (Å²) in [6.45, 7) is 2.74. The molecule has 0 aliphatic carbocycles. The highest BCUT2D eigenvalue weighted by Crippen LogP contribution is 2.29. The first kappa shape index (κ1) is 15.5. The molecule has 0 amide bonds. The lowest BCUT2D eigenvalue weighted by molar-refractivity contribution is -0.384. The molecule has 20 heavy (non-hydrogen) atoms. The van der Waals surface area contributed by atoms with Gasteiger partial charge in [0.1, 0.15) is 5.69 Å². The molecule has 0 saturated carbocycles. The van der Waals surface area contributed by atoms with Crippen LogP contribution in [0.5, 0.6) is 0 Å². The lowest BCUT2D eigenvalue weighted by Crippen LogP contribution is -2.25. The second-order valence-electron chi connectivity index (χ2n) is 4.08. The summed E-state index contributed by atoms with van der Waals surface area (Å²) in [5.74, 6) is 1.92. The smallest absolute Gasteiger partial charge is 0.337 e. The number of methoxy groups -OCH3 is 1. The minimum atomic E-state index is -0.543. The Labute approximate surface area is 117 Å². The number of carbonyl (C=O) groups is 1. The van der Waals surface area contributed by atoms with Gasteiger partial charge in [0.05, 0.1) is 24.1 Å². The lowest BCUT2D eigenvalue weighted by atomic mass is 10.1. The van der Waals surface area contributed by atoms with Crippen molar-refractivity contribution < 1.29 is 14.5 Å². The average Bonchev–Trinajstić information content (AvgIpc) is 2.45. The first-order valence-electron chi connectivity index (χ1n) is 6.10. The molecular weight excluding hydrogens is 260 g/mol. The third kappa shape index (κ3) is 3.48. The molecular formula is C14H16N2O4. The van der Waals surface area contributed by atoms with Crippen LogP contribution in [0.2, 0.25) is 0 Å². The van der Waals surface area contributed by atoms with E-state index in [-0.39, 0.29) is 17.8 Å². The highest BCUT2D eigenvalue weighted by molar-refractivity contribution is 5.91. The van der Waals surface area contributed by atoms with E-state index in [0.29, 0.717) is 12.2 Å². The van der Waals surface area contributed by atoms with Crippen LogP contribution in [0.1, 0.15) is 23.7 Å². The van der Waals surface area contributed by atoms with E-state index in [1.807, 2.05) is 6.92 Å². The van der Waals surface area contributed by atoms with Crippen LogP contribution < -0.4 is 4.90 Å². The molecule has 1 aromatic carbocycles. The summed E-state index contributed by atoms with van der Waals surface area (Å²) >= 11 is 0. The molecule has 0 aliphatic rings. The molecule has 6 nitrogen and oxygen atoms in total. The van der Waals surface area contributed by atoms with Crippen LogP contribution in [-0.2, 0) is 4.74 Å². The van der Waals surface area contributed by atoms with Gasteiger partial charge in [0.2, 0.25) is 0 Å². The fourth-order valence-corrected chi connectivity index (χ4v) is 1.84. The van der Waals surface area contributed by atoms with Crippen molar-refractivity contribution in [2.45, 2.75) is 13.3 Å². The van der Waals surface area contributed by atoms with Crippen LogP contribution in [0.15, 0.2) is 18.2 Å². The number of benzene rings is 1. The van der Waals surface area contributed by atoms with Crippen molar-refractivity contribution in [1.29, 1.82) is 0 Å². The van der Waals surface area contributed by atoms with Crippen LogP contribution >= 0.6 is 0 Å². The molecule has 0 atom stereocenters. The van der Waals surface area contributed by atoms with Gasteiger partial charge in [-0.05, 0) is 18.6 Å². The number of ether oxygens (including phenoxy) is 1. The predicted octanol–water partition coefficient (Wildman–Crippen LogP) is 2.23. The van der Waals surface area contributed by atoms with Gasteiger partial charge in [-0.3, -0.25) is 10.1 Å². The Kier molecular flexibility index (Phi) is 5.54. The molecule has 0 spiro atoms. The number of nitrogens with zero attached hydrogens (tertiary/aromatic N) is 2. The summed E-state index contributed by atoms with van der Waals surface area (Å²) in [6.07, 6.45) is 6.07. The van der Waals surface area contributed by atoms with Crippen molar-refractivity contribution in [3.8, 4) is 12.3 Å². The van der Waals surface area contributed by atoms with E-state index in [1.54, 1.807) is 4.90 Å². The highest BCUT2D eigenvalue weighted by atomic mass is 16.6. The number of nitro groups is 1. The molecule has 0 fully saturated rings. The third-order valence-electron chi connectivity index (χ3n) is 2.71. The quantitative estimate of drug-likeness (QED) is 0.345. The van der Waals surface area contributed by atoms with E-state index in [9.17, 15) is 14.9 Å². The summed E-state index contributed by atoms with van der Waals surface area (Å²) in [5, 5.41) is 11.1. The molecule has 0 N–H and O–H groups in total. The lowest BCUT2D eigenvalue weighted by Gasteiger charge is -2.21. The molecule has 6 heteroatoms. The van der Waals surface area contributed by atoms with E-state index < -0.39 is 10.9 Å². The van der Waals surface area contributed by atoms with Crippen LogP contribution in [0.3, 0.4) is 0 Å². The van der Waals surface area contributed by atoms with E-state index in [2.05, 4.69) is 10.7 Å². The molecule has 0 saturated heterocycles. The van der Waals surface area contributed by atoms with Crippen LogP contribution in [0.25, 0.3) is 0 Å². The van der Waals surface area contributed by atoms with Gasteiger partial charge in [0.15, 0.2) is 0 Å². The monoisotopic (exact) mass is 276 g/mol. The molecule has 106 valence electrons. The third-order valence-corrected chi connectivity index (χ3v) is 2.71. The summed E-state index contributed by atoms with van der Waals surface area (Å²) in [4.78, 5) is 23.8. The maximum atomic E-state index is 11.5. The van der Waals surface area contributed by atoms with Crippen molar-refractivity contribution in [3.05, 3.63) is 33.9 Å². The topological polar surface area (TPSA) is 72.7 Å². The zero-order valence-corrected chi connectivity index (χ0v) is 11.5. The predicted molar refractivity (Wildman–Crippen MR) is 75.8 cm³/mol. The van der Waals surface area contributed by atoms with Gasteiger partial charge >= 0.3 is 5.97 Å². The number of carbonyl (C=O) groups excluding carboxylic acids is 1. The number of rotatable bonds is 6. The normalized spacial score (nSPS) is 9.65. The Morgan fingerprint density at radius 2 is 2.25 bits per heavy atom. The maximum absolute atomic E-state index is 11.5. The minimum Gasteiger partial charge on any atom is -0.465 e. The molecule has 0 unspecified atom stereocenters. The molecule has 0 aromatic heterocycles. The number of esters is 1. The van der Waals surface area contributed by atoms with Crippen molar-refractivity contribution in [3.63, 3.8) is 0 Å². The van der Waals surface area contributed by atoms with Gasteiger partial charge in [-0.15, -0.1) is 6.42 Å². The van der Waals surface area contributed by atoms with E-state index in [0.717, 1.165) is 6.42 Å². The zero-order valence-electron chi connectivity index (χ0n) is 11.5. The molecule has 1 rings (SSSR count). The Morgan fingerprint density at radius 1 is 1.55 bits per heavy atom. The number of nitro benzene ring substituents is 1. The van der Waals surface area contributed by atoms with Crippen molar-refractivity contribution >= 4 is 17.3 Å². The molecule has 0 heterocycles.